The van der Waals surface area contributed by atoms with E-state index in [1.807, 2.05) is 0 Å². The number of allylic oxidation sites excluding steroid dienone is 1. The van der Waals surface area contributed by atoms with Crippen LogP contribution in [0.25, 0.3) is 0 Å². The van der Waals surface area contributed by atoms with Crippen LogP contribution in [0.5, 0.6) is 0 Å². The molecule has 0 unspecified atom stereocenters. The van der Waals surface area contributed by atoms with Crippen LogP contribution < -0.4 is 11.1 Å². The second-order valence-electron chi connectivity index (χ2n) is 3.08. The molecule has 0 aromatic carbocycles. The Bertz CT molecular complexity index is 153. The van der Waals surface area contributed by atoms with Crippen LogP contribution in [-0.2, 0) is 0 Å². The van der Waals surface area contributed by atoms with Crippen LogP contribution in [0.15, 0.2) is 12.2 Å². The van der Waals surface area contributed by atoms with E-state index in [1.165, 1.54) is 6.42 Å². The molecule has 2 nitrogen and oxygen atoms in total. The fourth-order valence-electron chi connectivity index (χ4n) is 1.75. The maximum Gasteiger partial charge on any atom is 0.0509 e. The molecule has 1 aliphatic carbocycles. The molecule has 0 radical (unpaired) electrons. The minimum Gasteiger partial charge on any atom is -0.321 e. The highest BCUT2D eigenvalue weighted by Crippen LogP contribution is 2.29. The molecule has 0 saturated carbocycles. The Kier molecular flexibility index (Phi) is 0.957. The summed E-state index contributed by atoms with van der Waals surface area (Å²) in [6, 6.07) is 0. The Morgan fingerprint density at radius 1 is 1.67 bits per heavy atom. The number of hydrogen-bond acceptors (Lipinski definition) is 2. The van der Waals surface area contributed by atoms with Crippen molar-refractivity contribution in [1.29, 1.82) is 0 Å². The van der Waals surface area contributed by atoms with Crippen molar-refractivity contribution in [2.45, 2.75) is 12.0 Å². The summed E-state index contributed by atoms with van der Waals surface area (Å²) in [6.07, 6.45) is 5.52. The van der Waals surface area contributed by atoms with Gasteiger partial charge in [0, 0.05) is 13.1 Å². The highest BCUT2D eigenvalue weighted by atomic mass is 15.0. The van der Waals surface area contributed by atoms with Crippen molar-refractivity contribution in [1.82, 2.24) is 5.32 Å². The molecule has 0 spiro atoms. The van der Waals surface area contributed by atoms with Crippen LogP contribution in [0.4, 0.5) is 0 Å². The van der Waals surface area contributed by atoms with Crippen LogP contribution >= 0.6 is 0 Å². The molecule has 1 aliphatic heterocycles. The minimum absolute atomic E-state index is 0.0139. The number of nitrogens with two attached hydrogens (primary N) is 1. The fraction of sp³-hybridized carbons (Fsp3) is 0.714. The molecule has 0 aromatic heterocycles. The summed E-state index contributed by atoms with van der Waals surface area (Å²) in [6.45, 7) is 2.07. The smallest absolute Gasteiger partial charge is 0.0509 e. The SMILES string of the molecule is N[C@@]12C=CC[C@@H]1CNC2. The van der Waals surface area contributed by atoms with Gasteiger partial charge in [0.1, 0.15) is 0 Å². The highest BCUT2D eigenvalue weighted by Gasteiger charge is 2.39. The van der Waals surface area contributed by atoms with E-state index in [0.717, 1.165) is 13.1 Å². The van der Waals surface area contributed by atoms with Gasteiger partial charge >= 0.3 is 0 Å². The summed E-state index contributed by atoms with van der Waals surface area (Å²) in [5, 5.41) is 3.29. The molecular weight excluding hydrogens is 112 g/mol. The van der Waals surface area contributed by atoms with Gasteiger partial charge in [-0.1, -0.05) is 12.2 Å². The maximum absolute atomic E-state index is 6.02. The number of fused-ring (bicyclic) bond motifs is 1. The largest absolute Gasteiger partial charge is 0.321 e. The van der Waals surface area contributed by atoms with Gasteiger partial charge in [0.2, 0.25) is 0 Å². The first kappa shape index (κ1) is 5.45. The van der Waals surface area contributed by atoms with Gasteiger partial charge in [-0.15, -0.1) is 0 Å². The van der Waals surface area contributed by atoms with Crippen molar-refractivity contribution in [2.75, 3.05) is 13.1 Å². The van der Waals surface area contributed by atoms with Crippen molar-refractivity contribution in [3.05, 3.63) is 12.2 Å². The monoisotopic (exact) mass is 124 g/mol. The normalized spacial score (nSPS) is 47.9. The molecule has 1 saturated heterocycles. The maximum atomic E-state index is 6.02. The third-order valence-corrected chi connectivity index (χ3v) is 2.43. The number of nitrogens with one attached hydrogen (secondary N) is 1. The standard InChI is InChI=1S/C7H12N2/c8-7-3-1-2-6(7)4-9-5-7/h1,3,6,9H,2,4-5,8H2/t6-,7-/m1/s1. The van der Waals surface area contributed by atoms with E-state index in [4.69, 9.17) is 5.73 Å². The topological polar surface area (TPSA) is 38.0 Å². The van der Waals surface area contributed by atoms with Crippen LogP contribution in [0.2, 0.25) is 0 Å². The highest BCUT2D eigenvalue weighted by molar-refractivity contribution is 5.20. The van der Waals surface area contributed by atoms with Gasteiger partial charge in [0.05, 0.1) is 5.54 Å². The Labute approximate surface area is 55.1 Å². The fourth-order valence-corrected chi connectivity index (χ4v) is 1.75. The average molecular weight is 124 g/mol. The zero-order valence-corrected chi connectivity index (χ0v) is 5.43. The van der Waals surface area contributed by atoms with E-state index in [0.29, 0.717) is 5.92 Å². The Balaban J connectivity index is 2.26. The lowest BCUT2D eigenvalue weighted by Crippen LogP contribution is -2.42. The average Bonchev–Trinajstić information content (AvgIpc) is 2.22. The molecule has 0 amide bonds. The van der Waals surface area contributed by atoms with Gasteiger partial charge in [-0.05, 0) is 12.3 Å². The van der Waals surface area contributed by atoms with Crippen molar-refractivity contribution >= 4 is 0 Å². The van der Waals surface area contributed by atoms with Crippen molar-refractivity contribution in [3.8, 4) is 0 Å². The third kappa shape index (κ3) is 0.635. The molecule has 2 aliphatic rings. The van der Waals surface area contributed by atoms with Crippen LogP contribution in [0.1, 0.15) is 6.42 Å². The second kappa shape index (κ2) is 1.58. The summed E-state index contributed by atoms with van der Waals surface area (Å²) in [5.74, 6) is 0.678. The lowest BCUT2D eigenvalue weighted by atomic mass is 9.92. The quantitative estimate of drug-likeness (QED) is 0.441. The summed E-state index contributed by atoms with van der Waals surface area (Å²) in [4.78, 5) is 0. The molecule has 0 aromatic rings. The van der Waals surface area contributed by atoms with E-state index in [-0.39, 0.29) is 5.54 Å². The first-order valence-electron chi connectivity index (χ1n) is 3.48. The summed E-state index contributed by atoms with van der Waals surface area (Å²) in [5.41, 5.74) is 6.03. The molecule has 0 bridgehead atoms. The molecule has 2 atom stereocenters. The zero-order chi connectivity index (χ0) is 6.32. The lowest BCUT2D eigenvalue weighted by molar-refractivity contribution is 0.452. The number of rotatable bonds is 0. The predicted molar refractivity (Wildman–Crippen MR) is 37.0 cm³/mol. The Hall–Kier alpha value is -0.340. The van der Waals surface area contributed by atoms with E-state index in [2.05, 4.69) is 17.5 Å². The van der Waals surface area contributed by atoms with Crippen LogP contribution in [0, 0.1) is 5.92 Å². The van der Waals surface area contributed by atoms with E-state index < -0.39 is 0 Å². The van der Waals surface area contributed by atoms with E-state index >= 15 is 0 Å². The molecule has 3 N–H and O–H groups in total. The van der Waals surface area contributed by atoms with Crippen LogP contribution in [-0.4, -0.2) is 18.6 Å². The van der Waals surface area contributed by atoms with Gasteiger partial charge in [0.25, 0.3) is 0 Å². The lowest BCUT2D eigenvalue weighted by Gasteiger charge is -2.20. The van der Waals surface area contributed by atoms with Gasteiger partial charge < -0.3 is 11.1 Å². The van der Waals surface area contributed by atoms with Gasteiger partial charge in [-0.2, -0.15) is 0 Å². The molecule has 1 fully saturated rings. The Morgan fingerprint density at radius 2 is 2.56 bits per heavy atom. The Morgan fingerprint density at radius 3 is 3.33 bits per heavy atom. The second-order valence-corrected chi connectivity index (χ2v) is 3.08. The molecule has 50 valence electrons. The molecule has 9 heavy (non-hydrogen) atoms. The predicted octanol–water partition coefficient (Wildman–Crippen LogP) is -0.137. The summed E-state index contributed by atoms with van der Waals surface area (Å²) >= 11 is 0. The van der Waals surface area contributed by atoms with Crippen LogP contribution in [0.3, 0.4) is 0 Å². The van der Waals surface area contributed by atoms with E-state index in [1.54, 1.807) is 0 Å². The van der Waals surface area contributed by atoms with Crippen molar-refractivity contribution in [2.24, 2.45) is 11.7 Å². The first-order valence-corrected chi connectivity index (χ1v) is 3.48. The van der Waals surface area contributed by atoms with Crippen molar-refractivity contribution in [3.63, 3.8) is 0 Å². The molecule has 1 heterocycles. The third-order valence-electron chi connectivity index (χ3n) is 2.43. The first-order chi connectivity index (χ1) is 4.31. The number of hydrogen-bond donors (Lipinski definition) is 2. The minimum atomic E-state index is 0.0139. The van der Waals surface area contributed by atoms with Gasteiger partial charge in [-0.25, -0.2) is 0 Å². The summed E-state index contributed by atoms with van der Waals surface area (Å²) in [7, 11) is 0. The zero-order valence-electron chi connectivity index (χ0n) is 5.43. The van der Waals surface area contributed by atoms with E-state index in [9.17, 15) is 0 Å². The molecular formula is C7H12N2. The summed E-state index contributed by atoms with van der Waals surface area (Å²) < 4.78 is 0. The van der Waals surface area contributed by atoms with Gasteiger partial charge in [0.15, 0.2) is 0 Å². The molecule has 2 heteroatoms. The van der Waals surface area contributed by atoms with Gasteiger partial charge in [-0.3, -0.25) is 0 Å². The van der Waals surface area contributed by atoms with Crippen molar-refractivity contribution < 1.29 is 0 Å². The molecule has 2 rings (SSSR count).